The number of aliphatic carboxylic acids is 2. The number of carboxylic acid groups (broad SMARTS) is 2. The zero-order valence-corrected chi connectivity index (χ0v) is 17.0. The van der Waals surface area contributed by atoms with Crippen molar-refractivity contribution in [3.63, 3.8) is 0 Å². The number of hydrogen-bond acceptors (Lipinski definition) is 7. The van der Waals surface area contributed by atoms with E-state index >= 15 is 0 Å². The first-order valence-corrected chi connectivity index (χ1v) is 9.75. The molecule has 0 bridgehead atoms. The van der Waals surface area contributed by atoms with Gasteiger partial charge in [-0.3, -0.25) is 19.2 Å². The van der Waals surface area contributed by atoms with Gasteiger partial charge in [-0.05, 0) is 18.8 Å². The third-order valence-electron chi connectivity index (χ3n) is 5.19. The summed E-state index contributed by atoms with van der Waals surface area (Å²) < 4.78 is 0. The zero-order valence-electron chi connectivity index (χ0n) is 17.0. The summed E-state index contributed by atoms with van der Waals surface area (Å²) >= 11 is 0. The quantitative estimate of drug-likeness (QED) is 0.212. The molecule has 1 saturated heterocycles. The molecular weight excluding hydrogens is 400 g/mol. The molecule has 1 rings (SSSR count). The summed E-state index contributed by atoms with van der Waals surface area (Å²) in [6.45, 7) is 3.21. The molecule has 1 heterocycles. The Kier molecular flexibility index (Phi) is 9.66. The minimum atomic E-state index is -1.72. The SMILES string of the molecule is CCC(C)C(N)C(=O)N1CCCC1C(=O)NC(CO)C(=O)NC(CC(=O)O)C(=O)O. The highest BCUT2D eigenvalue weighted by molar-refractivity contribution is 5.95. The van der Waals surface area contributed by atoms with Crippen LogP contribution < -0.4 is 16.4 Å². The van der Waals surface area contributed by atoms with Crippen LogP contribution in [-0.4, -0.2) is 87.2 Å². The zero-order chi connectivity index (χ0) is 23.0. The lowest BCUT2D eigenvalue weighted by Crippen LogP contribution is -2.58. The third kappa shape index (κ3) is 6.66. The number of nitrogens with two attached hydrogens (primary N) is 1. The molecule has 1 aliphatic heterocycles. The Labute approximate surface area is 173 Å². The fraction of sp³-hybridized carbons (Fsp3) is 0.722. The molecule has 0 aromatic carbocycles. The average molecular weight is 430 g/mol. The molecule has 3 amide bonds. The molecule has 0 aliphatic carbocycles. The summed E-state index contributed by atoms with van der Waals surface area (Å²) in [5, 5.41) is 31.5. The second-order valence-corrected chi connectivity index (χ2v) is 7.34. The number of nitrogens with one attached hydrogen (secondary N) is 2. The molecular formula is C18H30N4O8. The number of amides is 3. The molecule has 0 radical (unpaired) electrons. The minimum Gasteiger partial charge on any atom is -0.481 e. The number of carbonyl (C=O) groups is 5. The Morgan fingerprint density at radius 3 is 2.27 bits per heavy atom. The smallest absolute Gasteiger partial charge is 0.326 e. The summed E-state index contributed by atoms with van der Waals surface area (Å²) in [7, 11) is 0. The maximum atomic E-state index is 12.6. The van der Waals surface area contributed by atoms with Crippen molar-refractivity contribution in [2.75, 3.05) is 13.2 Å². The van der Waals surface area contributed by atoms with Crippen LogP contribution >= 0.6 is 0 Å². The molecule has 0 spiro atoms. The van der Waals surface area contributed by atoms with E-state index in [1.165, 1.54) is 4.90 Å². The number of carbonyl (C=O) groups excluding carboxylic acids is 3. The van der Waals surface area contributed by atoms with Gasteiger partial charge in [0.2, 0.25) is 17.7 Å². The number of rotatable bonds is 11. The molecule has 12 nitrogen and oxygen atoms in total. The molecule has 7 N–H and O–H groups in total. The number of likely N-dealkylation sites (tertiary alicyclic amines) is 1. The van der Waals surface area contributed by atoms with Crippen LogP contribution in [0.1, 0.15) is 39.5 Å². The van der Waals surface area contributed by atoms with Crippen LogP contribution in [0.15, 0.2) is 0 Å². The van der Waals surface area contributed by atoms with Gasteiger partial charge in [0.1, 0.15) is 18.1 Å². The number of aliphatic hydroxyl groups is 1. The van der Waals surface area contributed by atoms with Gasteiger partial charge in [0.05, 0.1) is 19.1 Å². The van der Waals surface area contributed by atoms with Crippen molar-refractivity contribution < 1.29 is 39.3 Å². The lowest BCUT2D eigenvalue weighted by atomic mass is 9.98. The standard InChI is InChI=1S/C18H30N4O8/c1-3-9(2)14(19)17(28)22-6-4-5-12(22)16(27)21-11(8-23)15(26)20-10(18(29)30)7-13(24)25/h9-12,14,23H,3-8,19H2,1-2H3,(H,20,26)(H,21,27)(H,24,25)(H,29,30). The third-order valence-corrected chi connectivity index (χ3v) is 5.19. The lowest BCUT2D eigenvalue weighted by molar-refractivity contribution is -0.147. The largest absolute Gasteiger partial charge is 0.481 e. The van der Waals surface area contributed by atoms with Crippen molar-refractivity contribution in [2.45, 2.75) is 63.7 Å². The molecule has 12 heteroatoms. The van der Waals surface area contributed by atoms with Gasteiger partial charge in [-0.25, -0.2) is 4.79 Å². The maximum absolute atomic E-state index is 12.6. The van der Waals surface area contributed by atoms with Crippen molar-refractivity contribution in [1.82, 2.24) is 15.5 Å². The van der Waals surface area contributed by atoms with Gasteiger partial charge in [0, 0.05) is 6.54 Å². The lowest BCUT2D eigenvalue weighted by Gasteiger charge is -2.29. The Bertz CT molecular complexity index is 671. The van der Waals surface area contributed by atoms with Crippen LogP contribution in [0.25, 0.3) is 0 Å². The second kappa shape index (κ2) is 11.5. The fourth-order valence-electron chi connectivity index (χ4n) is 3.10. The van der Waals surface area contributed by atoms with Crippen LogP contribution in [0.3, 0.4) is 0 Å². The summed E-state index contributed by atoms with van der Waals surface area (Å²) in [5.41, 5.74) is 5.98. The van der Waals surface area contributed by atoms with Gasteiger partial charge in [-0.2, -0.15) is 0 Å². The van der Waals surface area contributed by atoms with Crippen LogP contribution in [0.2, 0.25) is 0 Å². The highest BCUT2D eigenvalue weighted by Gasteiger charge is 2.38. The monoisotopic (exact) mass is 430 g/mol. The molecule has 30 heavy (non-hydrogen) atoms. The molecule has 170 valence electrons. The average Bonchev–Trinajstić information content (AvgIpc) is 3.18. The molecule has 0 saturated carbocycles. The maximum Gasteiger partial charge on any atom is 0.326 e. The van der Waals surface area contributed by atoms with Gasteiger partial charge < -0.3 is 36.6 Å². The Hall–Kier alpha value is -2.73. The predicted octanol–water partition coefficient (Wildman–Crippen LogP) is -2.13. The van der Waals surface area contributed by atoms with E-state index in [1.807, 2.05) is 19.2 Å². The van der Waals surface area contributed by atoms with Gasteiger partial charge >= 0.3 is 11.9 Å². The van der Waals surface area contributed by atoms with E-state index in [1.54, 1.807) is 0 Å². The van der Waals surface area contributed by atoms with E-state index in [4.69, 9.17) is 15.9 Å². The summed E-state index contributed by atoms with van der Waals surface area (Å²) in [6, 6.07) is -4.87. The van der Waals surface area contributed by atoms with Crippen molar-refractivity contribution in [1.29, 1.82) is 0 Å². The highest BCUT2D eigenvalue weighted by atomic mass is 16.4. The second-order valence-electron chi connectivity index (χ2n) is 7.34. The first-order valence-electron chi connectivity index (χ1n) is 9.75. The van der Waals surface area contributed by atoms with Crippen molar-refractivity contribution in [3.8, 4) is 0 Å². The number of hydrogen-bond donors (Lipinski definition) is 6. The fourth-order valence-corrected chi connectivity index (χ4v) is 3.10. The van der Waals surface area contributed by atoms with Gasteiger partial charge in [0.25, 0.3) is 0 Å². The number of nitrogens with zero attached hydrogens (tertiary/aromatic N) is 1. The van der Waals surface area contributed by atoms with Crippen LogP contribution in [-0.2, 0) is 24.0 Å². The molecule has 0 aromatic heterocycles. The van der Waals surface area contributed by atoms with Crippen LogP contribution in [0, 0.1) is 5.92 Å². The molecule has 5 unspecified atom stereocenters. The van der Waals surface area contributed by atoms with Crippen molar-refractivity contribution in [2.24, 2.45) is 11.7 Å². The topological polar surface area (TPSA) is 199 Å². The first kappa shape index (κ1) is 25.3. The predicted molar refractivity (Wildman–Crippen MR) is 103 cm³/mol. The molecule has 1 fully saturated rings. The van der Waals surface area contributed by atoms with Crippen LogP contribution in [0.5, 0.6) is 0 Å². The summed E-state index contributed by atoms with van der Waals surface area (Å²) in [4.78, 5) is 60.7. The van der Waals surface area contributed by atoms with Crippen LogP contribution in [0.4, 0.5) is 0 Å². The Balaban J connectivity index is 2.81. The normalized spacial score (nSPS) is 20.0. The number of carboxylic acids is 2. The molecule has 5 atom stereocenters. The highest BCUT2D eigenvalue weighted by Crippen LogP contribution is 2.20. The van der Waals surface area contributed by atoms with E-state index in [9.17, 15) is 29.1 Å². The van der Waals surface area contributed by atoms with Crippen molar-refractivity contribution >= 4 is 29.7 Å². The Morgan fingerprint density at radius 2 is 1.77 bits per heavy atom. The van der Waals surface area contributed by atoms with Gasteiger partial charge in [0.15, 0.2) is 0 Å². The Morgan fingerprint density at radius 1 is 1.13 bits per heavy atom. The van der Waals surface area contributed by atoms with Gasteiger partial charge in [-0.15, -0.1) is 0 Å². The molecule has 1 aliphatic rings. The van der Waals surface area contributed by atoms with E-state index < -0.39 is 60.9 Å². The summed E-state index contributed by atoms with van der Waals surface area (Å²) in [6.07, 6.45) is 0.727. The van der Waals surface area contributed by atoms with E-state index in [2.05, 4.69) is 5.32 Å². The number of aliphatic hydroxyl groups excluding tert-OH is 1. The van der Waals surface area contributed by atoms with E-state index in [0.29, 0.717) is 25.8 Å². The summed E-state index contributed by atoms with van der Waals surface area (Å²) in [5.74, 6) is -5.20. The molecule has 0 aromatic rings. The van der Waals surface area contributed by atoms with E-state index in [-0.39, 0.29) is 11.8 Å². The first-order chi connectivity index (χ1) is 14.0. The minimum absolute atomic E-state index is 0.0834. The van der Waals surface area contributed by atoms with E-state index in [0.717, 1.165) is 0 Å². The van der Waals surface area contributed by atoms with Gasteiger partial charge in [-0.1, -0.05) is 20.3 Å². The van der Waals surface area contributed by atoms with Crippen molar-refractivity contribution in [3.05, 3.63) is 0 Å².